The number of alkyl carbamates (subject to hydrolysis) is 2. The van der Waals surface area contributed by atoms with Gasteiger partial charge in [0.05, 0.1) is 39.0 Å². The maximum absolute atomic E-state index is 13.1. The summed E-state index contributed by atoms with van der Waals surface area (Å²) in [6.45, 7) is 8.40. The summed E-state index contributed by atoms with van der Waals surface area (Å²) in [7, 11) is 0. The quantitative estimate of drug-likeness (QED) is 0.0355. The van der Waals surface area contributed by atoms with Crippen LogP contribution in [0.2, 0.25) is 0 Å². The molecule has 2 atom stereocenters. The first kappa shape index (κ1) is 43.1. The van der Waals surface area contributed by atoms with E-state index in [1.54, 1.807) is 24.3 Å². The second kappa shape index (κ2) is 23.4. The highest BCUT2D eigenvalue weighted by Gasteiger charge is 2.34. The molecule has 280 valence electrons. The predicted octanol–water partition coefficient (Wildman–Crippen LogP) is 5.09. The van der Waals surface area contributed by atoms with Crippen molar-refractivity contribution in [1.29, 1.82) is 5.41 Å². The van der Waals surface area contributed by atoms with E-state index in [1.165, 1.54) is 6.08 Å². The third-order valence-electron chi connectivity index (χ3n) is 6.68. The van der Waals surface area contributed by atoms with Gasteiger partial charge >= 0.3 is 12.2 Å². The lowest BCUT2D eigenvalue weighted by molar-refractivity contribution is -0.129. The maximum atomic E-state index is 13.1. The third kappa shape index (κ3) is 17.6. The average Bonchev–Trinajstić information content (AvgIpc) is 3.10. The molecule has 0 aliphatic carbocycles. The van der Waals surface area contributed by atoms with Gasteiger partial charge < -0.3 is 45.0 Å². The lowest BCUT2D eigenvalue weighted by Gasteiger charge is -2.23. The SMILES string of the molecule is C=CCOC(=O)NCCOCCOCCNC(=O)C(OC(=N)C(Cl)(Cl)Cl)c1ccc(NCC(=O)[C@@H](NC(=O)OCc2ccccc2)C(C)C)cc1. The van der Waals surface area contributed by atoms with E-state index in [0.717, 1.165) is 5.56 Å². The number of ether oxygens (including phenoxy) is 5. The Morgan fingerprint density at radius 2 is 1.49 bits per heavy atom. The third-order valence-corrected chi connectivity index (χ3v) is 7.19. The van der Waals surface area contributed by atoms with Gasteiger partial charge in [-0.1, -0.05) is 104 Å². The molecule has 0 aliphatic rings. The van der Waals surface area contributed by atoms with E-state index in [2.05, 4.69) is 27.8 Å². The number of halogens is 3. The minimum atomic E-state index is -2.21. The number of carbonyl (C=O) groups excluding carboxylic acids is 4. The van der Waals surface area contributed by atoms with E-state index in [1.807, 2.05) is 44.2 Å². The van der Waals surface area contributed by atoms with Crippen LogP contribution >= 0.6 is 34.8 Å². The summed E-state index contributed by atoms with van der Waals surface area (Å²) in [5.74, 6) is -1.85. The number of hydrogen-bond acceptors (Lipinski definition) is 11. The van der Waals surface area contributed by atoms with Gasteiger partial charge in [-0.05, 0) is 23.6 Å². The van der Waals surface area contributed by atoms with Crippen molar-refractivity contribution in [2.45, 2.75) is 36.4 Å². The van der Waals surface area contributed by atoms with Gasteiger partial charge in [0.2, 0.25) is 12.0 Å². The number of rotatable bonds is 22. The fraction of sp³-hybridized carbons (Fsp3) is 0.441. The molecule has 0 spiro atoms. The zero-order valence-corrected chi connectivity index (χ0v) is 30.7. The van der Waals surface area contributed by atoms with Crippen molar-refractivity contribution >= 4 is 70.3 Å². The molecule has 0 heterocycles. The summed E-state index contributed by atoms with van der Waals surface area (Å²) in [5.41, 5.74) is 1.69. The number of ketones is 1. The van der Waals surface area contributed by atoms with E-state index < -0.39 is 39.9 Å². The molecular formula is C34H44Cl3N5O9. The first-order chi connectivity index (χ1) is 24.3. The summed E-state index contributed by atoms with van der Waals surface area (Å²) >= 11 is 17.4. The smallest absolute Gasteiger partial charge is 0.408 e. The average molecular weight is 773 g/mol. The van der Waals surface area contributed by atoms with Crippen molar-refractivity contribution in [2.75, 3.05) is 58.0 Å². The van der Waals surface area contributed by atoms with Gasteiger partial charge in [-0.15, -0.1) is 0 Å². The van der Waals surface area contributed by atoms with E-state index in [0.29, 0.717) is 11.3 Å². The molecule has 0 aromatic heterocycles. The molecular weight excluding hydrogens is 729 g/mol. The number of amides is 3. The minimum Gasteiger partial charge on any atom is -0.460 e. The summed E-state index contributed by atoms with van der Waals surface area (Å²) in [6.07, 6.45) is -1.17. The Bertz CT molecular complexity index is 1410. The molecule has 14 nitrogen and oxygen atoms in total. The second-order valence-corrected chi connectivity index (χ2v) is 13.3. The lowest BCUT2D eigenvalue weighted by Crippen LogP contribution is -2.46. The molecule has 0 saturated carbocycles. The number of nitrogens with one attached hydrogen (secondary N) is 5. The van der Waals surface area contributed by atoms with Crippen LogP contribution in [0.15, 0.2) is 67.3 Å². The highest BCUT2D eigenvalue weighted by Crippen LogP contribution is 2.31. The Morgan fingerprint density at radius 3 is 2.08 bits per heavy atom. The fourth-order valence-electron chi connectivity index (χ4n) is 4.12. The largest absolute Gasteiger partial charge is 0.460 e. The molecule has 0 radical (unpaired) electrons. The van der Waals surface area contributed by atoms with Gasteiger partial charge in [0.25, 0.3) is 9.70 Å². The van der Waals surface area contributed by atoms with E-state index in [9.17, 15) is 19.2 Å². The van der Waals surface area contributed by atoms with Crippen LogP contribution in [0.1, 0.15) is 31.1 Å². The molecule has 0 fully saturated rings. The van der Waals surface area contributed by atoms with Crippen LogP contribution < -0.4 is 21.3 Å². The Labute approximate surface area is 312 Å². The summed E-state index contributed by atoms with van der Waals surface area (Å²) in [5, 5.41) is 18.8. The van der Waals surface area contributed by atoms with Crippen LogP contribution in [0.25, 0.3) is 0 Å². The van der Waals surface area contributed by atoms with Gasteiger partial charge in [0, 0.05) is 24.3 Å². The van der Waals surface area contributed by atoms with E-state index in [-0.39, 0.29) is 71.0 Å². The van der Waals surface area contributed by atoms with Gasteiger partial charge in [-0.2, -0.15) is 0 Å². The van der Waals surface area contributed by atoms with Crippen LogP contribution in [-0.4, -0.2) is 92.3 Å². The van der Waals surface area contributed by atoms with Crippen LogP contribution in [0.5, 0.6) is 0 Å². The standard InChI is InChI=1S/C34H44Cl3N5O9/c1-4-16-49-32(45)40-15-18-48-20-19-47-17-14-39-30(44)29(51-31(38)34(35,36)37)25-10-12-26(13-11-25)41-21-27(43)28(23(2)3)42-33(46)50-22-24-8-6-5-7-9-24/h4-13,23,28-29,38,41H,1,14-22H2,2-3H3,(H,39,44)(H,40,45)(H,42,46)/t28-,29?/m0/s1. The molecule has 17 heteroatoms. The number of alkyl halides is 3. The van der Waals surface area contributed by atoms with E-state index >= 15 is 0 Å². The molecule has 2 rings (SSSR count). The van der Waals surface area contributed by atoms with Crippen molar-refractivity contribution in [3.63, 3.8) is 0 Å². The number of benzene rings is 2. The Morgan fingerprint density at radius 1 is 0.863 bits per heavy atom. The van der Waals surface area contributed by atoms with Gasteiger partial charge in [0.1, 0.15) is 13.2 Å². The topological polar surface area (TPSA) is 186 Å². The van der Waals surface area contributed by atoms with Crippen molar-refractivity contribution in [3.05, 3.63) is 78.4 Å². The maximum Gasteiger partial charge on any atom is 0.408 e. The number of carbonyl (C=O) groups is 4. The van der Waals surface area contributed by atoms with Crippen LogP contribution in [0, 0.1) is 11.3 Å². The molecule has 0 saturated heterocycles. The molecule has 51 heavy (non-hydrogen) atoms. The minimum absolute atomic E-state index is 0.0711. The monoisotopic (exact) mass is 771 g/mol. The van der Waals surface area contributed by atoms with Gasteiger partial charge in [-0.25, -0.2) is 9.59 Å². The number of anilines is 1. The summed E-state index contributed by atoms with van der Waals surface area (Å²) in [4.78, 5) is 49.8. The Kier molecular flexibility index (Phi) is 19.8. The van der Waals surface area contributed by atoms with Crippen molar-refractivity contribution in [1.82, 2.24) is 16.0 Å². The van der Waals surface area contributed by atoms with Gasteiger partial charge in [-0.3, -0.25) is 15.0 Å². The summed E-state index contributed by atoms with van der Waals surface area (Å²) < 4.78 is 24.1. The zero-order chi connectivity index (χ0) is 37.6. The molecule has 2 aromatic rings. The first-order valence-corrected chi connectivity index (χ1v) is 17.1. The lowest BCUT2D eigenvalue weighted by atomic mass is 10.00. The van der Waals surface area contributed by atoms with Crippen molar-refractivity contribution in [2.24, 2.45) is 5.92 Å². The highest BCUT2D eigenvalue weighted by molar-refractivity contribution is 6.76. The molecule has 0 bridgehead atoms. The molecule has 0 aliphatic heterocycles. The Hall–Kier alpha value is -4.08. The molecule has 1 unspecified atom stereocenters. The Balaban J connectivity index is 1.86. The molecule has 5 N–H and O–H groups in total. The van der Waals surface area contributed by atoms with Crippen LogP contribution in [0.4, 0.5) is 15.3 Å². The first-order valence-electron chi connectivity index (χ1n) is 15.9. The van der Waals surface area contributed by atoms with E-state index in [4.69, 9.17) is 63.9 Å². The normalized spacial score (nSPS) is 12.2. The fourth-order valence-corrected chi connectivity index (χ4v) is 4.25. The second-order valence-electron chi connectivity index (χ2n) is 11.0. The van der Waals surface area contributed by atoms with Crippen LogP contribution in [0.3, 0.4) is 0 Å². The van der Waals surface area contributed by atoms with Crippen molar-refractivity contribution < 1.29 is 42.9 Å². The van der Waals surface area contributed by atoms with Crippen molar-refractivity contribution in [3.8, 4) is 0 Å². The molecule has 2 aromatic carbocycles. The molecule has 3 amide bonds. The predicted molar refractivity (Wildman–Crippen MR) is 194 cm³/mol. The number of hydrogen-bond donors (Lipinski definition) is 5. The zero-order valence-electron chi connectivity index (χ0n) is 28.4. The van der Waals surface area contributed by atoms with Gasteiger partial charge in [0.15, 0.2) is 5.78 Å². The number of Topliss-reactive ketones (excluding diaryl/α,β-unsaturated/α-hetero) is 1. The highest BCUT2D eigenvalue weighted by atomic mass is 35.6. The van der Waals surface area contributed by atoms with Crippen LogP contribution in [-0.2, 0) is 39.9 Å². The summed E-state index contributed by atoms with van der Waals surface area (Å²) in [6, 6.07) is 14.7.